The number of hydrogen-bond donors (Lipinski definition) is 1. The monoisotopic (exact) mass is 390 g/mol. The van der Waals surface area contributed by atoms with Gasteiger partial charge >= 0.3 is 0 Å². The van der Waals surface area contributed by atoms with Crippen LogP contribution < -0.4 is 5.43 Å². The summed E-state index contributed by atoms with van der Waals surface area (Å²) in [6.45, 7) is 0. The summed E-state index contributed by atoms with van der Waals surface area (Å²) in [6.07, 6.45) is 0. The molecule has 0 bridgehead atoms. The second-order valence-corrected chi connectivity index (χ2v) is 5.69. The van der Waals surface area contributed by atoms with Gasteiger partial charge in [0.25, 0.3) is 11.4 Å². The molecule has 3 aromatic rings. The SMILES string of the molecule is O=[N+]([O-])c1ccc(N=N/C(=N\Nc2cccc([N+](=O)[O-])c2)c2ccccc2)cc1. The second kappa shape index (κ2) is 8.95. The number of hydrazone groups is 1. The molecule has 10 heteroatoms. The standard InChI is InChI=1S/C19H14N6O4/c26-24(27)17-11-9-15(10-12-17)20-22-19(14-5-2-1-3-6-14)23-21-16-7-4-8-18(13-16)25(28)29/h1-13,21H/b22-20?,23-19-. The van der Waals surface area contributed by atoms with Crippen molar-refractivity contribution in [3.05, 3.63) is 105 Å². The lowest BCUT2D eigenvalue weighted by Gasteiger charge is -2.03. The highest BCUT2D eigenvalue weighted by Gasteiger charge is 2.07. The van der Waals surface area contributed by atoms with Crippen molar-refractivity contribution in [2.75, 3.05) is 5.43 Å². The highest BCUT2D eigenvalue weighted by molar-refractivity contribution is 5.99. The van der Waals surface area contributed by atoms with Crippen molar-refractivity contribution in [3.63, 3.8) is 0 Å². The van der Waals surface area contributed by atoms with Crippen molar-refractivity contribution in [2.45, 2.75) is 0 Å². The summed E-state index contributed by atoms with van der Waals surface area (Å²) < 4.78 is 0. The number of hydrogen-bond acceptors (Lipinski definition) is 7. The fourth-order valence-corrected chi connectivity index (χ4v) is 2.28. The molecule has 0 unspecified atom stereocenters. The van der Waals surface area contributed by atoms with E-state index in [1.807, 2.05) is 6.07 Å². The van der Waals surface area contributed by atoms with E-state index in [1.54, 1.807) is 30.3 Å². The highest BCUT2D eigenvalue weighted by Crippen LogP contribution is 2.20. The van der Waals surface area contributed by atoms with Crippen LogP contribution in [0.15, 0.2) is 94.2 Å². The van der Waals surface area contributed by atoms with Crippen LogP contribution in [0.5, 0.6) is 0 Å². The Morgan fingerprint density at radius 1 is 0.793 bits per heavy atom. The van der Waals surface area contributed by atoms with Gasteiger partial charge in [-0.25, -0.2) is 0 Å². The minimum Gasteiger partial charge on any atom is -0.276 e. The zero-order chi connectivity index (χ0) is 20.6. The number of anilines is 1. The third-order valence-corrected chi connectivity index (χ3v) is 3.70. The molecule has 0 fully saturated rings. The molecule has 0 spiro atoms. The predicted octanol–water partition coefficient (Wildman–Crippen LogP) is 5.06. The maximum atomic E-state index is 10.9. The van der Waals surface area contributed by atoms with Gasteiger partial charge in [0.15, 0.2) is 0 Å². The molecule has 0 aliphatic heterocycles. The summed E-state index contributed by atoms with van der Waals surface area (Å²) >= 11 is 0. The van der Waals surface area contributed by atoms with Crippen molar-refractivity contribution < 1.29 is 9.85 Å². The largest absolute Gasteiger partial charge is 0.276 e. The zero-order valence-electron chi connectivity index (χ0n) is 14.9. The van der Waals surface area contributed by atoms with E-state index in [4.69, 9.17) is 0 Å². The van der Waals surface area contributed by atoms with Gasteiger partial charge in [-0.3, -0.25) is 25.7 Å². The van der Waals surface area contributed by atoms with E-state index in [9.17, 15) is 20.2 Å². The van der Waals surface area contributed by atoms with Crippen molar-refractivity contribution in [2.24, 2.45) is 15.3 Å². The summed E-state index contributed by atoms with van der Waals surface area (Å²) in [4.78, 5) is 20.6. The Hall–Kier alpha value is -4.47. The Kier molecular flexibility index (Phi) is 5.96. The van der Waals surface area contributed by atoms with Crippen molar-refractivity contribution in [1.82, 2.24) is 0 Å². The van der Waals surface area contributed by atoms with Crippen LogP contribution in [0, 0.1) is 20.2 Å². The Morgan fingerprint density at radius 3 is 2.14 bits per heavy atom. The first-order valence-electron chi connectivity index (χ1n) is 8.33. The minimum absolute atomic E-state index is 0.0479. The van der Waals surface area contributed by atoms with Gasteiger partial charge in [-0.2, -0.15) is 5.10 Å². The third kappa shape index (κ3) is 5.26. The van der Waals surface area contributed by atoms with Gasteiger partial charge in [0, 0.05) is 29.8 Å². The topological polar surface area (TPSA) is 135 Å². The molecule has 0 saturated carbocycles. The van der Waals surface area contributed by atoms with Crippen LogP contribution in [0.1, 0.15) is 5.56 Å². The number of benzene rings is 3. The molecule has 0 atom stereocenters. The van der Waals surface area contributed by atoms with Crippen molar-refractivity contribution in [3.8, 4) is 0 Å². The predicted molar refractivity (Wildman–Crippen MR) is 107 cm³/mol. The van der Waals surface area contributed by atoms with E-state index in [1.165, 1.54) is 42.5 Å². The maximum Gasteiger partial charge on any atom is 0.271 e. The average Bonchev–Trinajstić information content (AvgIpc) is 2.75. The van der Waals surface area contributed by atoms with Crippen LogP contribution in [-0.2, 0) is 0 Å². The summed E-state index contributed by atoms with van der Waals surface area (Å²) in [5.74, 6) is 0.232. The van der Waals surface area contributed by atoms with Gasteiger partial charge in [0.05, 0.1) is 21.2 Å². The van der Waals surface area contributed by atoms with Gasteiger partial charge in [-0.05, 0) is 18.2 Å². The Morgan fingerprint density at radius 2 is 1.48 bits per heavy atom. The zero-order valence-corrected chi connectivity index (χ0v) is 14.9. The van der Waals surface area contributed by atoms with Crippen LogP contribution in [0.25, 0.3) is 0 Å². The van der Waals surface area contributed by atoms with E-state index >= 15 is 0 Å². The quantitative estimate of drug-likeness (QED) is 0.206. The fraction of sp³-hybridized carbons (Fsp3) is 0. The summed E-state index contributed by atoms with van der Waals surface area (Å²) in [7, 11) is 0. The lowest BCUT2D eigenvalue weighted by atomic mass is 10.2. The lowest BCUT2D eigenvalue weighted by Crippen LogP contribution is -2.01. The van der Waals surface area contributed by atoms with Gasteiger partial charge in [0.1, 0.15) is 0 Å². The molecule has 29 heavy (non-hydrogen) atoms. The Balaban J connectivity index is 1.87. The van der Waals surface area contributed by atoms with E-state index in [0.717, 1.165) is 0 Å². The molecule has 1 N–H and O–H groups in total. The van der Waals surface area contributed by atoms with Crippen LogP contribution in [0.4, 0.5) is 22.7 Å². The number of nitro groups is 2. The number of rotatable bonds is 6. The molecule has 144 valence electrons. The molecule has 0 aliphatic rings. The van der Waals surface area contributed by atoms with Gasteiger partial charge in [-0.1, -0.05) is 36.4 Å². The molecule has 0 heterocycles. The van der Waals surface area contributed by atoms with E-state index in [-0.39, 0.29) is 17.2 Å². The van der Waals surface area contributed by atoms with Gasteiger partial charge < -0.3 is 0 Å². The first-order valence-corrected chi connectivity index (χ1v) is 8.33. The van der Waals surface area contributed by atoms with Crippen LogP contribution >= 0.6 is 0 Å². The molecule has 10 nitrogen and oxygen atoms in total. The highest BCUT2D eigenvalue weighted by atomic mass is 16.6. The lowest BCUT2D eigenvalue weighted by molar-refractivity contribution is -0.385. The van der Waals surface area contributed by atoms with Crippen molar-refractivity contribution in [1.29, 1.82) is 0 Å². The average molecular weight is 390 g/mol. The molecular formula is C19H14N6O4. The van der Waals surface area contributed by atoms with Gasteiger partial charge in [0.2, 0.25) is 5.84 Å². The number of nitro benzene ring substituents is 2. The summed E-state index contributed by atoms with van der Waals surface area (Å²) in [5.41, 5.74) is 4.11. The van der Waals surface area contributed by atoms with Crippen LogP contribution in [0.2, 0.25) is 0 Å². The second-order valence-electron chi connectivity index (χ2n) is 5.69. The number of nitrogens with one attached hydrogen (secondary N) is 1. The molecule has 3 rings (SSSR count). The molecule has 0 amide bonds. The Labute approximate surface area is 164 Å². The molecule has 0 saturated heterocycles. The Bertz CT molecular complexity index is 1080. The number of non-ortho nitro benzene ring substituents is 2. The fourth-order valence-electron chi connectivity index (χ4n) is 2.28. The molecule has 3 aromatic carbocycles. The van der Waals surface area contributed by atoms with Crippen LogP contribution in [-0.4, -0.2) is 15.7 Å². The van der Waals surface area contributed by atoms with Gasteiger partial charge in [-0.15, -0.1) is 10.2 Å². The number of azo groups is 1. The molecular weight excluding hydrogens is 376 g/mol. The normalized spacial score (nSPS) is 11.4. The van der Waals surface area contributed by atoms with E-state index in [2.05, 4.69) is 20.8 Å². The molecule has 0 aromatic heterocycles. The summed E-state index contributed by atoms with van der Waals surface area (Å²) in [6, 6.07) is 20.5. The number of nitrogens with zero attached hydrogens (tertiary/aromatic N) is 5. The minimum atomic E-state index is -0.499. The number of amidine groups is 1. The van der Waals surface area contributed by atoms with Crippen LogP contribution in [0.3, 0.4) is 0 Å². The van der Waals surface area contributed by atoms with E-state index in [0.29, 0.717) is 16.9 Å². The molecule has 0 radical (unpaired) electrons. The molecule has 0 aliphatic carbocycles. The maximum absolute atomic E-state index is 10.9. The summed E-state index contributed by atoms with van der Waals surface area (Å²) in [5, 5.41) is 34.0. The first kappa shape index (κ1) is 19.3. The first-order chi connectivity index (χ1) is 14.0. The smallest absolute Gasteiger partial charge is 0.271 e. The third-order valence-electron chi connectivity index (χ3n) is 3.70. The van der Waals surface area contributed by atoms with Crippen molar-refractivity contribution >= 4 is 28.6 Å². The van der Waals surface area contributed by atoms with E-state index < -0.39 is 9.85 Å².